The minimum absolute atomic E-state index is 0.0184. The van der Waals surface area contributed by atoms with Gasteiger partial charge in [0.2, 0.25) is 0 Å². The van der Waals surface area contributed by atoms with Crippen LogP contribution in [0.25, 0.3) is 0 Å². The SMILES string of the molecule is O=C(Nc1ccc2c(c1)O[C@H](F)C(F)(F)O2)N1C[C@H](c2ccccc2)C(c2ccc(OC(F)F)cc2)=N1. The molecule has 2 heterocycles. The maximum Gasteiger partial charge on any atom is 0.468 e. The van der Waals surface area contributed by atoms with Crippen LogP contribution in [-0.2, 0) is 0 Å². The van der Waals surface area contributed by atoms with Crippen molar-refractivity contribution in [2.75, 3.05) is 11.9 Å². The number of benzene rings is 3. The molecule has 0 aromatic heterocycles. The van der Waals surface area contributed by atoms with Crippen LogP contribution in [0.1, 0.15) is 17.0 Å². The van der Waals surface area contributed by atoms with E-state index < -0.39 is 25.1 Å². The fourth-order valence-corrected chi connectivity index (χ4v) is 3.97. The molecule has 37 heavy (non-hydrogen) atoms. The first-order chi connectivity index (χ1) is 17.7. The maximum atomic E-state index is 13.5. The third-order valence-corrected chi connectivity index (χ3v) is 5.66. The molecule has 7 nitrogen and oxygen atoms in total. The van der Waals surface area contributed by atoms with E-state index in [-0.39, 0.29) is 35.4 Å². The van der Waals surface area contributed by atoms with Crippen LogP contribution in [0, 0.1) is 0 Å². The lowest BCUT2D eigenvalue weighted by atomic mass is 9.90. The topological polar surface area (TPSA) is 72.4 Å². The van der Waals surface area contributed by atoms with E-state index in [0.717, 1.165) is 17.7 Å². The number of nitrogens with one attached hydrogen (secondary N) is 1. The summed E-state index contributed by atoms with van der Waals surface area (Å²) in [4.78, 5) is 13.0. The summed E-state index contributed by atoms with van der Waals surface area (Å²) in [5.74, 6) is -1.02. The van der Waals surface area contributed by atoms with Gasteiger partial charge in [-0.2, -0.15) is 27.1 Å². The van der Waals surface area contributed by atoms with Crippen LogP contribution in [0.4, 0.5) is 32.4 Å². The van der Waals surface area contributed by atoms with Gasteiger partial charge in [0.25, 0.3) is 0 Å². The molecule has 0 aliphatic carbocycles. The van der Waals surface area contributed by atoms with E-state index in [1.54, 1.807) is 12.1 Å². The molecule has 0 unspecified atom stereocenters. The first-order valence-electron chi connectivity index (χ1n) is 11.0. The molecule has 12 heteroatoms. The Bertz CT molecular complexity index is 1320. The van der Waals surface area contributed by atoms with Crippen LogP contribution < -0.4 is 19.5 Å². The lowest BCUT2D eigenvalue weighted by Gasteiger charge is -2.28. The van der Waals surface area contributed by atoms with Crippen LogP contribution >= 0.6 is 0 Å². The summed E-state index contributed by atoms with van der Waals surface area (Å²) < 4.78 is 78.6. The minimum atomic E-state index is -4.13. The zero-order valence-electron chi connectivity index (χ0n) is 18.8. The molecule has 2 atom stereocenters. The normalized spacial score (nSPS) is 19.9. The quantitative estimate of drug-likeness (QED) is 0.421. The van der Waals surface area contributed by atoms with Crippen molar-refractivity contribution in [1.29, 1.82) is 0 Å². The highest BCUT2D eigenvalue weighted by Gasteiger charge is 2.49. The summed E-state index contributed by atoms with van der Waals surface area (Å²) >= 11 is 0. The Hall–Kier alpha value is -4.35. The van der Waals surface area contributed by atoms with Crippen LogP contribution in [-0.4, -0.2) is 42.4 Å². The van der Waals surface area contributed by atoms with E-state index >= 15 is 0 Å². The Morgan fingerprint density at radius 2 is 1.78 bits per heavy atom. The molecule has 192 valence electrons. The van der Waals surface area contributed by atoms with Crippen molar-refractivity contribution in [3.8, 4) is 17.2 Å². The van der Waals surface area contributed by atoms with Crippen molar-refractivity contribution < 1.29 is 41.0 Å². The Kier molecular flexibility index (Phi) is 6.32. The number of halogens is 5. The van der Waals surface area contributed by atoms with E-state index in [2.05, 4.69) is 24.6 Å². The van der Waals surface area contributed by atoms with Gasteiger partial charge in [-0.15, -0.1) is 0 Å². The fourth-order valence-electron chi connectivity index (χ4n) is 3.97. The van der Waals surface area contributed by atoms with Gasteiger partial charge >= 0.3 is 25.1 Å². The highest BCUT2D eigenvalue weighted by molar-refractivity contribution is 6.08. The van der Waals surface area contributed by atoms with Gasteiger partial charge in [0.15, 0.2) is 11.5 Å². The van der Waals surface area contributed by atoms with Crippen molar-refractivity contribution in [2.45, 2.75) is 25.0 Å². The Balaban J connectivity index is 1.38. The highest BCUT2D eigenvalue weighted by atomic mass is 19.3. The molecule has 2 amide bonds. The Labute approximate surface area is 207 Å². The smallest absolute Gasteiger partial charge is 0.447 e. The third kappa shape index (κ3) is 5.13. The summed E-state index contributed by atoms with van der Waals surface area (Å²) in [6.07, 6.45) is -7.13. The molecule has 0 saturated heterocycles. The zero-order valence-corrected chi connectivity index (χ0v) is 18.8. The maximum absolute atomic E-state index is 13.5. The van der Waals surface area contributed by atoms with Crippen molar-refractivity contribution in [3.05, 3.63) is 83.9 Å². The molecule has 0 bridgehead atoms. The van der Waals surface area contributed by atoms with Crippen LogP contribution in [0.2, 0.25) is 0 Å². The minimum Gasteiger partial charge on any atom is -0.447 e. The second-order valence-corrected chi connectivity index (χ2v) is 8.12. The average molecular weight is 519 g/mol. The monoisotopic (exact) mass is 519 g/mol. The molecule has 0 radical (unpaired) electrons. The first-order valence-corrected chi connectivity index (χ1v) is 11.0. The number of nitrogens with zero attached hydrogens (tertiary/aromatic N) is 2. The number of ether oxygens (including phenoxy) is 3. The molecule has 5 rings (SSSR count). The van der Waals surface area contributed by atoms with E-state index in [1.165, 1.54) is 23.2 Å². The number of amides is 2. The molecule has 0 fully saturated rings. The summed E-state index contributed by atoms with van der Waals surface area (Å²) in [5.41, 5.74) is 2.13. The van der Waals surface area contributed by atoms with E-state index in [4.69, 9.17) is 0 Å². The van der Waals surface area contributed by atoms with Gasteiger partial charge < -0.3 is 19.5 Å². The number of hydrogen-bond acceptors (Lipinski definition) is 5. The third-order valence-electron chi connectivity index (χ3n) is 5.66. The number of carbonyl (C=O) groups is 1. The van der Waals surface area contributed by atoms with Crippen molar-refractivity contribution >= 4 is 17.4 Å². The van der Waals surface area contributed by atoms with Gasteiger partial charge in [-0.1, -0.05) is 30.3 Å². The van der Waals surface area contributed by atoms with E-state index in [9.17, 15) is 26.7 Å². The predicted octanol–water partition coefficient (Wildman–Crippen LogP) is 5.98. The molecule has 0 saturated carbocycles. The average Bonchev–Trinajstić information content (AvgIpc) is 3.31. The van der Waals surface area contributed by atoms with Crippen molar-refractivity contribution in [2.24, 2.45) is 5.10 Å². The molecule has 1 N–H and O–H groups in total. The standard InChI is InChI=1S/C25H18F5N3O4/c26-22-25(29,30)37-19-11-8-16(12-20(19)36-22)31-24(34)33-13-18(14-4-2-1-3-5-14)21(32-33)15-6-9-17(10-7-15)35-23(27)28/h1-12,18,22-23H,13H2,(H,31,34)/t18-,22+/m1/s1. The number of hydrazone groups is 1. The second-order valence-electron chi connectivity index (χ2n) is 8.12. The molecule has 0 spiro atoms. The van der Waals surface area contributed by atoms with Gasteiger partial charge in [0.05, 0.1) is 12.3 Å². The largest absolute Gasteiger partial charge is 0.468 e. The molecular weight excluding hydrogens is 501 g/mol. The first kappa shape index (κ1) is 24.3. The number of urea groups is 1. The van der Waals surface area contributed by atoms with Gasteiger partial charge in [0, 0.05) is 17.7 Å². The number of anilines is 1. The number of rotatable bonds is 5. The summed E-state index contributed by atoms with van der Waals surface area (Å²) in [5, 5.41) is 8.21. The van der Waals surface area contributed by atoms with Crippen LogP contribution in [0.15, 0.2) is 77.9 Å². The van der Waals surface area contributed by atoms with Gasteiger partial charge in [-0.25, -0.2) is 9.80 Å². The Morgan fingerprint density at radius 3 is 2.49 bits per heavy atom. The van der Waals surface area contributed by atoms with E-state index in [1.807, 2.05) is 30.3 Å². The number of alkyl halides is 5. The lowest BCUT2D eigenvalue weighted by molar-refractivity contribution is -0.281. The van der Waals surface area contributed by atoms with E-state index in [0.29, 0.717) is 11.3 Å². The predicted molar refractivity (Wildman–Crippen MR) is 122 cm³/mol. The van der Waals surface area contributed by atoms with Crippen molar-refractivity contribution in [1.82, 2.24) is 5.01 Å². The van der Waals surface area contributed by atoms with Gasteiger partial charge in [0.1, 0.15) is 5.75 Å². The summed E-state index contributed by atoms with van der Waals surface area (Å²) in [6.45, 7) is -2.80. The second kappa shape index (κ2) is 9.60. The lowest BCUT2D eigenvalue weighted by Crippen LogP contribution is -2.43. The van der Waals surface area contributed by atoms with Crippen LogP contribution in [0.3, 0.4) is 0 Å². The summed E-state index contributed by atoms with van der Waals surface area (Å²) in [6, 6.07) is 18.1. The Morgan fingerprint density at radius 1 is 1.05 bits per heavy atom. The van der Waals surface area contributed by atoms with Crippen LogP contribution in [0.5, 0.6) is 17.2 Å². The molecule has 2 aliphatic heterocycles. The molecule has 3 aromatic rings. The summed E-state index contributed by atoms with van der Waals surface area (Å²) in [7, 11) is 0. The van der Waals surface area contributed by atoms with Gasteiger partial charge in [-0.05, 0) is 47.5 Å². The highest BCUT2D eigenvalue weighted by Crippen LogP contribution is 2.42. The molecule has 3 aromatic carbocycles. The van der Waals surface area contributed by atoms with Crippen molar-refractivity contribution in [3.63, 3.8) is 0 Å². The van der Waals surface area contributed by atoms with Gasteiger partial charge in [-0.3, -0.25) is 0 Å². The zero-order chi connectivity index (χ0) is 26.2. The fraction of sp³-hybridized carbons (Fsp3) is 0.200. The number of carbonyl (C=O) groups excluding carboxylic acids is 1. The molecular formula is C25H18F5N3O4. The molecule has 2 aliphatic rings. The number of fused-ring (bicyclic) bond motifs is 1. The number of hydrogen-bond donors (Lipinski definition) is 1.